The summed E-state index contributed by atoms with van der Waals surface area (Å²) >= 11 is 0. The summed E-state index contributed by atoms with van der Waals surface area (Å²) in [6.45, 7) is 11.2. The standard InChI is InChI=1S/C16H26N4O/c1-12(2)10-18-16(17)19-11-14(20-8-4-5-9-20)15-7-6-13(3)21-15/h6-7,14H,1,4-5,8-11H2,2-3H3,(H3,17,18,19). The summed E-state index contributed by atoms with van der Waals surface area (Å²) in [5.41, 5.74) is 6.93. The Kier molecular flexibility index (Phi) is 5.44. The van der Waals surface area contributed by atoms with Gasteiger partial charge in [-0.3, -0.25) is 9.89 Å². The number of furan rings is 1. The largest absolute Gasteiger partial charge is 0.465 e. The van der Waals surface area contributed by atoms with Crippen molar-refractivity contribution in [1.82, 2.24) is 10.2 Å². The van der Waals surface area contributed by atoms with E-state index in [-0.39, 0.29) is 6.04 Å². The molecule has 1 aliphatic heterocycles. The number of nitrogens with zero attached hydrogens (tertiary/aromatic N) is 2. The molecule has 0 spiro atoms. The van der Waals surface area contributed by atoms with Crippen LogP contribution in [0.4, 0.5) is 0 Å². The Morgan fingerprint density at radius 3 is 2.76 bits per heavy atom. The van der Waals surface area contributed by atoms with Crippen molar-refractivity contribution in [3.05, 3.63) is 35.8 Å². The summed E-state index contributed by atoms with van der Waals surface area (Å²) in [5, 5.41) is 3.06. The first-order chi connectivity index (χ1) is 10.1. The van der Waals surface area contributed by atoms with Crippen molar-refractivity contribution < 1.29 is 4.42 Å². The Bertz CT molecular complexity index is 500. The van der Waals surface area contributed by atoms with E-state index in [1.54, 1.807) is 0 Å². The lowest BCUT2D eigenvalue weighted by atomic mass is 10.2. The lowest BCUT2D eigenvalue weighted by Gasteiger charge is -2.24. The Morgan fingerprint density at radius 2 is 2.19 bits per heavy atom. The fraction of sp³-hybridized carbons (Fsp3) is 0.562. The third kappa shape index (κ3) is 4.63. The normalized spacial score (nSPS) is 17.9. The summed E-state index contributed by atoms with van der Waals surface area (Å²) in [6, 6.07) is 4.22. The van der Waals surface area contributed by atoms with Gasteiger partial charge in [-0.2, -0.15) is 0 Å². The number of aryl methyl sites for hydroxylation is 1. The van der Waals surface area contributed by atoms with Gasteiger partial charge in [-0.25, -0.2) is 0 Å². The first-order valence-corrected chi connectivity index (χ1v) is 7.55. The van der Waals surface area contributed by atoms with Gasteiger partial charge < -0.3 is 15.5 Å². The molecule has 1 unspecified atom stereocenters. The Morgan fingerprint density at radius 1 is 1.48 bits per heavy atom. The van der Waals surface area contributed by atoms with E-state index in [4.69, 9.17) is 10.2 Å². The zero-order valence-corrected chi connectivity index (χ0v) is 13.1. The summed E-state index contributed by atoms with van der Waals surface area (Å²) in [4.78, 5) is 6.89. The first kappa shape index (κ1) is 15.6. The molecule has 0 radical (unpaired) electrons. The van der Waals surface area contributed by atoms with Crippen LogP contribution < -0.4 is 11.1 Å². The van der Waals surface area contributed by atoms with Crippen LogP contribution in [0.1, 0.15) is 37.3 Å². The van der Waals surface area contributed by atoms with Crippen LogP contribution >= 0.6 is 0 Å². The second kappa shape index (κ2) is 7.31. The highest BCUT2D eigenvalue weighted by Gasteiger charge is 2.25. The predicted molar refractivity (Wildman–Crippen MR) is 86.3 cm³/mol. The number of guanidine groups is 1. The molecule has 0 aromatic carbocycles. The van der Waals surface area contributed by atoms with E-state index in [1.165, 1.54) is 12.8 Å². The van der Waals surface area contributed by atoms with Gasteiger partial charge in [0.25, 0.3) is 0 Å². The van der Waals surface area contributed by atoms with Crippen molar-refractivity contribution in [1.29, 1.82) is 0 Å². The molecule has 0 amide bonds. The van der Waals surface area contributed by atoms with E-state index < -0.39 is 0 Å². The zero-order valence-electron chi connectivity index (χ0n) is 13.1. The monoisotopic (exact) mass is 290 g/mol. The lowest BCUT2D eigenvalue weighted by molar-refractivity contribution is 0.219. The van der Waals surface area contributed by atoms with Gasteiger partial charge in [0.15, 0.2) is 5.96 Å². The van der Waals surface area contributed by atoms with Gasteiger partial charge in [-0.15, -0.1) is 0 Å². The van der Waals surface area contributed by atoms with E-state index in [9.17, 15) is 0 Å². The van der Waals surface area contributed by atoms with Crippen LogP contribution in [0.3, 0.4) is 0 Å². The molecule has 2 rings (SSSR count). The molecule has 0 bridgehead atoms. The fourth-order valence-electron chi connectivity index (χ4n) is 2.55. The van der Waals surface area contributed by atoms with Crippen LogP contribution in [0.15, 0.2) is 33.7 Å². The van der Waals surface area contributed by atoms with E-state index >= 15 is 0 Å². The minimum absolute atomic E-state index is 0.173. The Labute approximate surface area is 126 Å². The average molecular weight is 290 g/mol. The molecule has 3 N–H and O–H groups in total. The highest BCUT2D eigenvalue weighted by Crippen LogP contribution is 2.26. The Balaban J connectivity index is 2.02. The van der Waals surface area contributed by atoms with Gasteiger partial charge in [-0.1, -0.05) is 12.2 Å². The molecular weight excluding hydrogens is 264 g/mol. The summed E-state index contributed by atoms with van der Waals surface area (Å²) in [5.74, 6) is 2.38. The second-order valence-corrected chi connectivity index (χ2v) is 5.74. The first-order valence-electron chi connectivity index (χ1n) is 7.55. The number of hydrogen-bond acceptors (Lipinski definition) is 3. The molecule has 2 heterocycles. The highest BCUT2D eigenvalue weighted by atomic mass is 16.3. The molecule has 21 heavy (non-hydrogen) atoms. The minimum Gasteiger partial charge on any atom is -0.465 e. The molecule has 116 valence electrons. The van der Waals surface area contributed by atoms with Gasteiger partial charge in [0.05, 0.1) is 12.6 Å². The van der Waals surface area contributed by atoms with Gasteiger partial charge in [0.2, 0.25) is 0 Å². The van der Waals surface area contributed by atoms with Crippen molar-refractivity contribution in [2.75, 3.05) is 26.2 Å². The van der Waals surface area contributed by atoms with Crippen LogP contribution in [0.25, 0.3) is 0 Å². The third-order valence-corrected chi connectivity index (χ3v) is 3.68. The molecule has 1 saturated heterocycles. The molecule has 5 heteroatoms. The quantitative estimate of drug-likeness (QED) is 0.479. The van der Waals surface area contributed by atoms with Crippen LogP contribution in [-0.2, 0) is 0 Å². The van der Waals surface area contributed by atoms with E-state index in [2.05, 4.69) is 21.8 Å². The number of rotatable bonds is 6. The summed E-state index contributed by atoms with van der Waals surface area (Å²) in [6.07, 6.45) is 2.48. The molecule has 1 atom stereocenters. The summed E-state index contributed by atoms with van der Waals surface area (Å²) in [7, 11) is 0. The highest BCUT2D eigenvalue weighted by molar-refractivity contribution is 5.78. The number of nitrogens with one attached hydrogen (secondary N) is 1. The smallest absolute Gasteiger partial charge is 0.188 e. The number of hydrogen-bond donors (Lipinski definition) is 2. The van der Waals surface area contributed by atoms with Crippen LogP contribution in [0, 0.1) is 6.92 Å². The van der Waals surface area contributed by atoms with E-state index in [0.29, 0.717) is 19.0 Å². The average Bonchev–Trinajstić information content (AvgIpc) is 3.09. The molecule has 0 aliphatic carbocycles. The topological polar surface area (TPSA) is 66.8 Å². The van der Waals surface area contributed by atoms with Crippen molar-refractivity contribution in [3.63, 3.8) is 0 Å². The number of likely N-dealkylation sites (tertiary alicyclic amines) is 1. The van der Waals surface area contributed by atoms with Crippen molar-refractivity contribution in [2.24, 2.45) is 10.7 Å². The summed E-state index contributed by atoms with van der Waals surface area (Å²) < 4.78 is 5.80. The van der Waals surface area contributed by atoms with E-state index in [1.807, 2.05) is 26.0 Å². The van der Waals surface area contributed by atoms with Gasteiger partial charge in [0.1, 0.15) is 11.5 Å². The maximum absolute atomic E-state index is 5.90. The minimum atomic E-state index is 0.173. The van der Waals surface area contributed by atoms with Gasteiger partial charge in [-0.05, 0) is 51.9 Å². The fourth-order valence-corrected chi connectivity index (χ4v) is 2.55. The zero-order chi connectivity index (χ0) is 15.2. The molecule has 1 aromatic heterocycles. The predicted octanol–water partition coefficient (Wildman–Crippen LogP) is 2.21. The molecule has 1 aromatic rings. The number of nitrogens with two attached hydrogens (primary N) is 1. The molecule has 5 nitrogen and oxygen atoms in total. The van der Waals surface area contributed by atoms with Crippen molar-refractivity contribution in [3.8, 4) is 0 Å². The van der Waals surface area contributed by atoms with Crippen molar-refractivity contribution in [2.45, 2.75) is 32.7 Å². The van der Waals surface area contributed by atoms with Crippen molar-refractivity contribution >= 4 is 5.96 Å². The molecule has 1 aliphatic rings. The molecule has 1 fully saturated rings. The molecule has 0 saturated carbocycles. The Hall–Kier alpha value is -1.75. The molecular formula is C16H26N4O. The maximum atomic E-state index is 5.90. The maximum Gasteiger partial charge on any atom is 0.188 e. The van der Waals surface area contributed by atoms with Crippen LogP contribution in [-0.4, -0.2) is 37.0 Å². The third-order valence-electron chi connectivity index (χ3n) is 3.68. The van der Waals surface area contributed by atoms with Gasteiger partial charge >= 0.3 is 0 Å². The number of aliphatic imine (C=N–C) groups is 1. The SMILES string of the molecule is C=C(C)CNC(N)=NCC(c1ccc(C)o1)N1CCCC1. The lowest BCUT2D eigenvalue weighted by Crippen LogP contribution is -2.34. The van der Waals surface area contributed by atoms with Crippen LogP contribution in [0.2, 0.25) is 0 Å². The second-order valence-electron chi connectivity index (χ2n) is 5.74. The van der Waals surface area contributed by atoms with Crippen LogP contribution in [0.5, 0.6) is 0 Å². The van der Waals surface area contributed by atoms with Gasteiger partial charge in [0, 0.05) is 6.54 Å². The van der Waals surface area contributed by atoms with E-state index in [0.717, 1.165) is 30.2 Å².